The van der Waals surface area contributed by atoms with E-state index in [0.29, 0.717) is 6.07 Å². The zero-order chi connectivity index (χ0) is 16.2. The van der Waals surface area contributed by atoms with Gasteiger partial charge in [0.1, 0.15) is 5.82 Å². The SMILES string of the molecule is N#CCCC(C(=O)O)(C(=O)O)c1ccc([N+](=O)[O-])cc1F. The maximum Gasteiger partial charge on any atom is 0.325 e. The molecule has 110 valence electrons. The van der Waals surface area contributed by atoms with Crippen LogP contribution < -0.4 is 0 Å². The van der Waals surface area contributed by atoms with Gasteiger partial charge in [-0.15, -0.1) is 0 Å². The number of hydrogen-bond donors (Lipinski definition) is 2. The molecule has 0 aliphatic rings. The van der Waals surface area contributed by atoms with E-state index in [0.717, 1.165) is 12.1 Å². The molecular formula is C12H9FN2O6. The van der Waals surface area contributed by atoms with Crippen LogP contribution in [0.15, 0.2) is 18.2 Å². The van der Waals surface area contributed by atoms with Crippen LogP contribution in [0.25, 0.3) is 0 Å². The number of carboxylic acid groups (broad SMARTS) is 2. The molecule has 9 heteroatoms. The van der Waals surface area contributed by atoms with Gasteiger partial charge in [0.05, 0.1) is 17.1 Å². The molecule has 0 bridgehead atoms. The van der Waals surface area contributed by atoms with Gasteiger partial charge in [-0.3, -0.25) is 19.7 Å². The van der Waals surface area contributed by atoms with Gasteiger partial charge in [0.15, 0.2) is 5.41 Å². The van der Waals surface area contributed by atoms with Crippen molar-refractivity contribution in [3.05, 3.63) is 39.7 Å². The molecule has 1 rings (SSSR count). The third-order valence-corrected chi connectivity index (χ3v) is 2.97. The number of non-ortho nitro benzene ring substituents is 1. The van der Waals surface area contributed by atoms with E-state index < -0.39 is 52.2 Å². The molecule has 0 fully saturated rings. The van der Waals surface area contributed by atoms with Crippen molar-refractivity contribution in [1.29, 1.82) is 5.26 Å². The highest BCUT2D eigenvalue weighted by molar-refractivity contribution is 6.04. The zero-order valence-electron chi connectivity index (χ0n) is 10.4. The number of nitro groups is 1. The van der Waals surface area contributed by atoms with Gasteiger partial charge in [0, 0.05) is 18.1 Å². The molecule has 0 atom stereocenters. The molecule has 0 saturated heterocycles. The Kier molecular flexibility index (Phi) is 4.55. The summed E-state index contributed by atoms with van der Waals surface area (Å²) in [7, 11) is 0. The van der Waals surface area contributed by atoms with E-state index in [1.165, 1.54) is 0 Å². The minimum absolute atomic E-state index is 0.435. The van der Waals surface area contributed by atoms with Crippen molar-refractivity contribution in [2.75, 3.05) is 0 Å². The molecular weight excluding hydrogens is 287 g/mol. The fourth-order valence-corrected chi connectivity index (χ4v) is 1.88. The highest BCUT2D eigenvalue weighted by Gasteiger charge is 2.49. The first-order valence-corrected chi connectivity index (χ1v) is 5.55. The molecule has 0 aromatic heterocycles. The van der Waals surface area contributed by atoms with Crippen LogP contribution in [0.4, 0.5) is 10.1 Å². The van der Waals surface area contributed by atoms with Crippen LogP contribution >= 0.6 is 0 Å². The van der Waals surface area contributed by atoms with Crippen molar-refractivity contribution in [3.8, 4) is 6.07 Å². The first-order valence-electron chi connectivity index (χ1n) is 5.55. The fourth-order valence-electron chi connectivity index (χ4n) is 1.88. The van der Waals surface area contributed by atoms with Gasteiger partial charge in [-0.1, -0.05) is 0 Å². The first-order chi connectivity index (χ1) is 9.77. The number of aliphatic carboxylic acids is 2. The Balaban J connectivity index is 3.53. The van der Waals surface area contributed by atoms with Gasteiger partial charge < -0.3 is 10.2 Å². The number of nitrogens with zero attached hydrogens (tertiary/aromatic N) is 2. The summed E-state index contributed by atoms with van der Waals surface area (Å²) < 4.78 is 13.9. The van der Waals surface area contributed by atoms with Crippen LogP contribution in [-0.2, 0) is 15.0 Å². The van der Waals surface area contributed by atoms with Crippen LogP contribution in [0.5, 0.6) is 0 Å². The summed E-state index contributed by atoms with van der Waals surface area (Å²) in [6, 6.07) is 3.60. The Bertz CT molecular complexity index is 638. The highest BCUT2D eigenvalue weighted by atomic mass is 19.1. The maximum absolute atomic E-state index is 13.9. The number of nitriles is 1. The summed E-state index contributed by atoms with van der Waals surface area (Å²) in [5.74, 6) is -5.03. The van der Waals surface area contributed by atoms with Crippen LogP contribution in [0.1, 0.15) is 18.4 Å². The monoisotopic (exact) mass is 296 g/mol. The van der Waals surface area contributed by atoms with Gasteiger partial charge in [0.25, 0.3) is 5.69 Å². The quantitative estimate of drug-likeness (QED) is 0.459. The Hall–Kier alpha value is -3.02. The molecule has 0 heterocycles. The maximum atomic E-state index is 13.9. The molecule has 0 saturated carbocycles. The average Bonchev–Trinajstić information content (AvgIpc) is 2.39. The Morgan fingerprint density at radius 3 is 2.33 bits per heavy atom. The standard InChI is InChI=1S/C12H9FN2O6/c13-9-6-7(15(20)21)2-3-8(9)12(10(16)17,11(18)19)4-1-5-14/h2-3,6H,1,4H2,(H,16,17)(H,18,19). The Morgan fingerprint density at radius 2 is 1.95 bits per heavy atom. The number of rotatable bonds is 6. The normalized spacial score (nSPS) is 10.7. The second-order valence-electron chi connectivity index (χ2n) is 4.10. The molecule has 0 aliphatic heterocycles. The van der Waals surface area contributed by atoms with E-state index in [1.807, 2.05) is 0 Å². The van der Waals surface area contributed by atoms with E-state index in [-0.39, 0.29) is 0 Å². The molecule has 2 N–H and O–H groups in total. The summed E-state index contributed by atoms with van der Waals surface area (Å²) in [5, 5.41) is 37.4. The number of benzene rings is 1. The highest BCUT2D eigenvalue weighted by Crippen LogP contribution is 2.34. The van der Waals surface area contributed by atoms with Gasteiger partial charge in [0.2, 0.25) is 0 Å². The van der Waals surface area contributed by atoms with Crippen LogP contribution in [0.2, 0.25) is 0 Å². The molecule has 0 aliphatic carbocycles. The van der Waals surface area contributed by atoms with E-state index >= 15 is 0 Å². The molecule has 0 unspecified atom stereocenters. The molecule has 8 nitrogen and oxygen atoms in total. The lowest BCUT2D eigenvalue weighted by Crippen LogP contribution is -2.44. The van der Waals surface area contributed by atoms with E-state index in [2.05, 4.69) is 0 Å². The van der Waals surface area contributed by atoms with Gasteiger partial charge >= 0.3 is 11.9 Å². The van der Waals surface area contributed by atoms with Crippen LogP contribution in [-0.4, -0.2) is 27.1 Å². The molecule has 21 heavy (non-hydrogen) atoms. The lowest BCUT2D eigenvalue weighted by atomic mass is 9.76. The summed E-state index contributed by atoms with van der Waals surface area (Å²) in [6.07, 6.45) is -1.10. The van der Waals surface area contributed by atoms with Crippen molar-refractivity contribution in [1.82, 2.24) is 0 Å². The summed E-state index contributed by atoms with van der Waals surface area (Å²) in [5.41, 5.74) is -4.04. The lowest BCUT2D eigenvalue weighted by Gasteiger charge is -2.24. The molecule has 0 radical (unpaired) electrons. The Labute approximate surface area is 117 Å². The summed E-state index contributed by atoms with van der Waals surface area (Å²) in [4.78, 5) is 32.3. The average molecular weight is 296 g/mol. The van der Waals surface area contributed by atoms with Gasteiger partial charge in [-0.25, -0.2) is 4.39 Å². The topological polar surface area (TPSA) is 142 Å². The van der Waals surface area contributed by atoms with Gasteiger partial charge in [-0.2, -0.15) is 5.26 Å². The van der Waals surface area contributed by atoms with Crippen molar-refractivity contribution in [2.45, 2.75) is 18.3 Å². The second-order valence-corrected chi connectivity index (χ2v) is 4.10. The molecule has 1 aromatic rings. The van der Waals surface area contributed by atoms with E-state index in [9.17, 15) is 34.3 Å². The third-order valence-electron chi connectivity index (χ3n) is 2.97. The second kappa shape index (κ2) is 5.96. The van der Waals surface area contributed by atoms with Crippen molar-refractivity contribution < 1.29 is 29.1 Å². The number of hydrogen-bond acceptors (Lipinski definition) is 5. The minimum atomic E-state index is -2.67. The summed E-state index contributed by atoms with van der Waals surface area (Å²) in [6.45, 7) is 0. The predicted octanol–water partition coefficient (Wildman–Crippen LogP) is 1.44. The van der Waals surface area contributed by atoms with E-state index in [4.69, 9.17) is 5.26 Å². The Morgan fingerprint density at radius 1 is 1.38 bits per heavy atom. The van der Waals surface area contributed by atoms with Crippen molar-refractivity contribution in [2.24, 2.45) is 0 Å². The van der Waals surface area contributed by atoms with Gasteiger partial charge in [-0.05, 0) is 12.5 Å². The third kappa shape index (κ3) is 2.79. The largest absolute Gasteiger partial charge is 0.480 e. The zero-order valence-corrected chi connectivity index (χ0v) is 10.4. The van der Waals surface area contributed by atoms with Crippen molar-refractivity contribution in [3.63, 3.8) is 0 Å². The molecule has 1 aromatic carbocycles. The number of carbonyl (C=O) groups is 2. The van der Waals surface area contributed by atoms with Crippen LogP contribution in [0.3, 0.4) is 0 Å². The summed E-state index contributed by atoms with van der Waals surface area (Å²) >= 11 is 0. The van der Waals surface area contributed by atoms with E-state index in [1.54, 1.807) is 6.07 Å². The van der Waals surface area contributed by atoms with Crippen molar-refractivity contribution >= 4 is 17.6 Å². The number of nitro benzene ring substituents is 1. The smallest absolute Gasteiger partial charge is 0.325 e. The lowest BCUT2D eigenvalue weighted by molar-refractivity contribution is -0.385. The fraction of sp³-hybridized carbons (Fsp3) is 0.250. The molecule has 0 amide bonds. The predicted molar refractivity (Wildman–Crippen MR) is 64.9 cm³/mol. The first kappa shape index (κ1) is 16.0. The van der Waals surface area contributed by atoms with Crippen LogP contribution in [0, 0.1) is 27.3 Å². The number of carboxylic acids is 2. The minimum Gasteiger partial charge on any atom is -0.480 e. The number of halogens is 1. The molecule has 0 spiro atoms.